The van der Waals surface area contributed by atoms with E-state index in [2.05, 4.69) is 15.9 Å². The predicted octanol–water partition coefficient (Wildman–Crippen LogP) is 2.58. The first-order valence-corrected chi connectivity index (χ1v) is 4.94. The normalized spacial score (nSPS) is 12.1. The molecular formula is C10H9BrFNO. The van der Waals surface area contributed by atoms with E-state index in [1.54, 1.807) is 18.2 Å². The van der Waals surface area contributed by atoms with Crippen molar-refractivity contribution in [3.63, 3.8) is 0 Å². The maximum atomic E-state index is 13.5. The number of aliphatic hydroxyl groups is 1. The van der Waals surface area contributed by atoms with Crippen LogP contribution in [0.3, 0.4) is 0 Å². The highest BCUT2D eigenvalue weighted by Gasteiger charge is 2.15. The molecule has 4 heteroatoms. The van der Waals surface area contributed by atoms with Crippen LogP contribution < -0.4 is 0 Å². The predicted molar refractivity (Wildman–Crippen MR) is 54.2 cm³/mol. The van der Waals surface area contributed by atoms with Crippen molar-refractivity contribution in [3.05, 3.63) is 34.1 Å². The van der Waals surface area contributed by atoms with Gasteiger partial charge in [0.25, 0.3) is 0 Å². The molecule has 0 aromatic heterocycles. The van der Waals surface area contributed by atoms with Crippen LogP contribution in [0.25, 0.3) is 0 Å². The lowest BCUT2D eigenvalue weighted by Gasteiger charge is -2.09. The van der Waals surface area contributed by atoms with Gasteiger partial charge in [-0.05, 0) is 28.4 Å². The van der Waals surface area contributed by atoms with Gasteiger partial charge >= 0.3 is 0 Å². The van der Waals surface area contributed by atoms with Crippen LogP contribution >= 0.6 is 15.9 Å². The zero-order valence-electron chi connectivity index (χ0n) is 7.37. The van der Waals surface area contributed by atoms with Crippen molar-refractivity contribution >= 4 is 15.9 Å². The Kier molecular flexibility index (Phi) is 4.05. The lowest BCUT2D eigenvalue weighted by atomic mass is 9.97. The molecule has 1 aromatic rings. The van der Waals surface area contributed by atoms with Gasteiger partial charge in [0.05, 0.1) is 16.5 Å². The van der Waals surface area contributed by atoms with Crippen LogP contribution in [0, 0.1) is 17.1 Å². The number of halogens is 2. The molecule has 0 aliphatic carbocycles. The molecule has 1 aromatic carbocycles. The highest BCUT2D eigenvalue weighted by molar-refractivity contribution is 9.10. The quantitative estimate of drug-likeness (QED) is 0.905. The molecule has 0 bridgehead atoms. The lowest BCUT2D eigenvalue weighted by Crippen LogP contribution is -2.02. The average Bonchev–Trinajstić information content (AvgIpc) is 2.19. The summed E-state index contributed by atoms with van der Waals surface area (Å²) in [5.41, 5.74) is 0.330. The maximum absolute atomic E-state index is 13.5. The molecule has 0 saturated carbocycles. The van der Waals surface area contributed by atoms with E-state index in [9.17, 15) is 4.39 Å². The molecule has 0 fully saturated rings. The zero-order chi connectivity index (χ0) is 10.6. The SMILES string of the molecule is N#CC(CCO)c1cccc(Br)c1F. The van der Waals surface area contributed by atoms with Crippen molar-refractivity contribution in [2.75, 3.05) is 6.61 Å². The second-order valence-corrected chi connectivity index (χ2v) is 3.69. The van der Waals surface area contributed by atoms with E-state index in [4.69, 9.17) is 10.4 Å². The Morgan fingerprint density at radius 3 is 2.86 bits per heavy atom. The van der Waals surface area contributed by atoms with Crippen LogP contribution in [0.4, 0.5) is 4.39 Å². The van der Waals surface area contributed by atoms with E-state index in [-0.39, 0.29) is 13.0 Å². The molecule has 1 atom stereocenters. The number of benzene rings is 1. The number of aliphatic hydroxyl groups excluding tert-OH is 1. The maximum Gasteiger partial charge on any atom is 0.141 e. The van der Waals surface area contributed by atoms with Crippen LogP contribution in [0.15, 0.2) is 22.7 Å². The van der Waals surface area contributed by atoms with E-state index in [1.807, 2.05) is 6.07 Å². The molecule has 1 rings (SSSR count). The van der Waals surface area contributed by atoms with Crippen molar-refractivity contribution in [2.24, 2.45) is 0 Å². The Hall–Kier alpha value is -0.920. The number of hydrogen-bond acceptors (Lipinski definition) is 2. The van der Waals surface area contributed by atoms with Gasteiger partial charge in [-0.15, -0.1) is 0 Å². The fraction of sp³-hybridized carbons (Fsp3) is 0.300. The molecular weight excluding hydrogens is 249 g/mol. The first kappa shape index (κ1) is 11.2. The number of nitriles is 1. The summed E-state index contributed by atoms with van der Waals surface area (Å²) in [4.78, 5) is 0. The Morgan fingerprint density at radius 2 is 2.29 bits per heavy atom. The summed E-state index contributed by atoms with van der Waals surface area (Å²) >= 11 is 3.05. The molecule has 74 valence electrons. The van der Waals surface area contributed by atoms with Gasteiger partial charge in [0.1, 0.15) is 5.82 Å². The fourth-order valence-electron chi connectivity index (χ4n) is 1.21. The van der Waals surface area contributed by atoms with E-state index < -0.39 is 11.7 Å². The van der Waals surface area contributed by atoms with Gasteiger partial charge in [-0.3, -0.25) is 0 Å². The van der Waals surface area contributed by atoms with E-state index in [0.29, 0.717) is 10.0 Å². The molecule has 0 aliphatic rings. The van der Waals surface area contributed by atoms with E-state index in [0.717, 1.165) is 0 Å². The molecule has 0 saturated heterocycles. The van der Waals surface area contributed by atoms with Crippen LogP contribution in [-0.2, 0) is 0 Å². The molecule has 0 spiro atoms. The van der Waals surface area contributed by atoms with Gasteiger partial charge in [-0.25, -0.2) is 4.39 Å². The summed E-state index contributed by atoms with van der Waals surface area (Å²) in [6.07, 6.45) is 0.254. The molecule has 0 heterocycles. The summed E-state index contributed by atoms with van der Waals surface area (Å²) in [6, 6.07) is 6.77. The van der Waals surface area contributed by atoms with E-state index >= 15 is 0 Å². The zero-order valence-corrected chi connectivity index (χ0v) is 8.96. The van der Waals surface area contributed by atoms with Gasteiger partial charge < -0.3 is 5.11 Å². The molecule has 0 aliphatic heterocycles. The first-order chi connectivity index (χ1) is 6.70. The Bertz CT molecular complexity index is 362. The third-order valence-electron chi connectivity index (χ3n) is 1.93. The minimum absolute atomic E-state index is 0.121. The topological polar surface area (TPSA) is 44.0 Å². The van der Waals surface area contributed by atoms with Gasteiger partial charge in [0, 0.05) is 12.2 Å². The largest absolute Gasteiger partial charge is 0.396 e. The fourth-order valence-corrected chi connectivity index (χ4v) is 1.59. The third-order valence-corrected chi connectivity index (χ3v) is 2.54. The van der Waals surface area contributed by atoms with Gasteiger partial charge in [-0.2, -0.15) is 5.26 Å². The summed E-state index contributed by atoms with van der Waals surface area (Å²) in [5.74, 6) is -1.01. The molecule has 0 amide bonds. The summed E-state index contributed by atoms with van der Waals surface area (Å²) < 4.78 is 13.8. The molecule has 1 N–H and O–H groups in total. The van der Waals surface area contributed by atoms with E-state index in [1.165, 1.54) is 0 Å². The summed E-state index contributed by atoms with van der Waals surface area (Å²) in [7, 11) is 0. The van der Waals surface area contributed by atoms with Crippen LogP contribution in [-0.4, -0.2) is 11.7 Å². The second kappa shape index (κ2) is 5.08. The highest BCUT2D eigenvalue weighted by Crippen LogP contribution is 2.26. The van der Waals surface area contributed by atoms with Crippen molar-refractivity contribution in [1.82, 2.24) is 0 Å². The smallest absolute Gasteiger partial charge is 0.141 e. The Morgan fingerprint density at radius 1 is 1.57 bits per heavy atom. The summed E-state index contributed by atoms with van der Waals surface area (Å²) in [6.45, 7) is -0.121. The molecule has 0 radical (unpaired) electrons. The van der Waals surface area contributed by atoms with Gasteiger partial charge in [0.15, 0.2) is 0 Å². The van der Waals surface area contributed by atoms with Crippen LogP contribution in [0.5, 0.6) is 0 Å². The second-order valence-electron chi connectivity index (χ2n) is 2.84. The monoisotopic (exact) mass is 257 g/mol. The van der Waals surface area contributed by atoms with Crippen molar-refractivity contribution in [1.29, 1.82) is 5.26 Å². The standard InChI is InChI=1S/C10H9BrFNO/c11-9-3-1-2-8(10(9)12)7(6-13)4-5-14/h1-3,7,14H,4-5H2. The van der Waals surface area contributed by atoms with Gasteiger partial charge in [0.2, 0.25) is 0 Å². The minimum atomic E-state index is -0.586. The third kappa shape index (κ3) is 2.31. The Labute approximate surface area is 90.1 Å². The van der Waals surface area contributed by atoms with Crippen molar-refractivity contribution < 1.29 is 9.50 Å². The van der Waals surface area contributed by atoms with Crippen LogP contribution in [0.2, 0.25) is 0 Å². The number of hydrogen-bond donors (Lipinski definition) is 1. The highest BCUT2D eigenvalue weighted by atomic mass is 79.9. The number of rotatable bonds is 3. The number of nitrogens with zero attached hydrogens (tertiary/aromatic N) is 1. The minimum Gasteiger partial charge on any atom is -0.396 e. The Balaban J connectivity index is 3.05. The molecule has 1 unspecified atom stereocenters. The lowest BCUT2D eigenvalue weighted by molar-refractivity contribution is 0.283. The van der Waals surface area contributed by atoms with Crippen LogP contribution in [0.1, 0.15) is 17.9 Å². The first-order valence-electron chi connectivity index (χ1n) is 4.15. The molecule has 2 nitrogen and oxygen atoms in total. The van der Waals surface area contributed by atoms with Gasteiger partial charge in [-0.1, -0.05) is 12.1 Å². The average molecular weight is 258 g/mol. The molecule has 14 heavy (non-hydrogen) atoms. The summed E-state index contributed by atoms with van der Waals surface area (Å²) in [5, 5.41) is 17.5. The van der Waals surface area contributed by atoms with Crippen molar-refractivity contribution in [2.45, 2.75) is 12.3 Å². The van der Waals surface area contributed by atoms with Crippen molar-refractivity contribution in [3.8, 4) is 6.07 Å².